The van der Waals surface area contributed by atoms with Crippen molar-refractivity contribution in [1.29, 1.82) is 0 Å². The summed E-state index contributed by atoms with van der Waals surface area (Å²) in [5, 5.41) is 13.7. The zero-order valence-electron chi connectivity index (χ0n) is 23.8. The number of nitrogens with zero attached hydrogens (tertiary/aromatic N) is 4. The molecule has 1 N–H and O–H groups in total. The lowest BCUT2D eigenvalue weighted by atomic mass is 10.0. The van der Waals surface area contributed by atoms with E-state index in [4.69, 9.17) is 23.9 Å². The van der Waals surface area contributed by atoms with Gasteiger partial charge in [-0.2, -0.15) is 9.78 Å². The maximum Gasteiger partial charge on any atom is 0.342 e. The van der Waals surface area contributed by atoms with Crippen molar-refractivity contribution in [1.82, 2.24) is 19.7 Å². The second kappa shape index (κ2) is 12.2. The Kier molecular flexibility index (Phi) is 8.07. The number of aryl methyl sites for hydroxylation is 1. The fourth-order valence-corrected chi connectivity index (χ4v) is 5.62. The molecule has 10 nitrogen and oxygen atoms in total. The summed E-state index contributed by atoms with van der Waals surface area (Å²) in [6.45, 7) is 6.47. The summed E-state index contributed by atoms with van der Waals surface area (Å²) in [5.41, 5.74) is 4.64. The number of carboxylic acid groups (broad SMARTS) is 1. The first-order chi connectivity index (χ1) is 20.5. The Hall–Kier alpha value is -4.41. The van der Waals surface area contributed by atoms with Crippen molar-refractivity contribution < 1.29 is 28.8 Å². The van der Waals surface area contributed by atoms with Crippen LogP contribution in [0.4, 0.5) is 0 Å². The molecule has 0 radical (unpaired) electrons. The topological polar surface area (TPSA) is 108 Å². The molecule has 2 aromatic carbocycles. The van der Waals surface area contributed by atoms with Crippen molar-refractivity contribution >= 4 is 5.97 Å². The molecule has 42 heavy (non-hydrogen) atoms. The van der Waals surface area contributed by atoms with Gasteiger partial charge in [0.1, 0.15) is 30.3 Å². The fraction of sp³-hybridized carbons (Fsp3) is 0.344. The first-order valence-corrected chi connectivity index (χ1v) is 14.1. The van der Waals surface area contributed by atoms with Crippen LogP contribution >= 0.6 is 0 Å². The number of aromatic carboxylic acids is 1. The van der Waals surface area contributed by atoms with E-state index in [1.165, 1.54) is 23.6 Å². The second-order valence-corrected chi connectivity index (χ2v) is 10.5. The molecule has 0 saturated carbocycles. The van der Waals surface area contributed by atoms with Gasteiger partial charge in [0.25, 0.3) is 0 Å². The summed E-state index contributed by atoms with van der Waals surface area (Å²) < 4.78 is 24.9. The van der Waals surface area contributed by atoms with Crippen molar-refractivity contribution in [3.05, 3.63) is 83.0 Å². The fourth-order valence-electron chi connectivity index (χ4n) is 5.62. The standard InChI is InChI=1S/C32H34N4O6/c1-21-5-3-6-25(27-7-4-8-29(34-27)36-31(39-2)26(18-33-36)32(37)38)30(21)42-20-22-9-10-23-19-35(13-16-41-28(23)17-22)24-11-14-40-15-12-24/h3-10,17-18,24H,11-16,19-20H2,1-2H3,(H,37,38). The summed E-state index contributed by atoms with van der Waals surface area (Å²) >= 11 is 0. The van der Waals surface area contributed by atoms with Gasteiger partial charge in [-0.3, -0.25) is 4.90 Å². The molecule has 2 aliphatic heterocycles. The van der Waals surface area contributed by atoms with Gasteiger partial charge in [0.15, 0.2) is 5.82 Å². The summed E-state index contributed by atoms with van der Waals surface area (Å²) in [6, 6.07) is 18.3. The van der Waals surface area contributed by atoms with E-state index in [1.807, 2.05) is 37.3 Å². The summed E-state index contributed by atoms with van der Waals surface area (Å²) in [4.78, 5) is 18.9. The molecule has 2 aromatic heterocycles. The van der Waals surface area contributed by atoms with Crippen molar-refractivity contribution in [2.45, 2.75) is 39.0 Å². The number of rotatable bonds is 8. The van der Waals surface area contributed by atoms with Crippen molar-refractivity contribution in [3.63, 3.8) is 0 Å². The molecule has 1 fully saturated rings. The van der Waals surface area contributed by atoms with Crippen LogP contribution in [0.25, 0.3) is 17.1 Å². The zero-order chi connectivity index (χ0) is 29.1. The van der Waals surface area contributed by atoms with Gasteiger partial charge in [-0.1, -0.05) is 30.3 Å². The largest absolute Gasteiger partial charge is 0.492 e. The third-order valence-corrected chi connectivity index (χ3v) is 7.82. The van der Waals surface area contributed by atoms with Crippen LogP contribution in [0.3, 0.4) is 0 Å². The monoisotopic (exact) mass is 570 g/mol. The SMILES string of the molecule is COc1c(C(=O)O)cnn1-c1cccc(-c2cccc(C)c2OCc2ccc3c(c2)OCCN(C2CCOCC2)C3)n1. The highest BCUT2D eigenvalue weighted by atomic mass is 16.5. The van der Waals surface area contributed by atoms with E-state index in [1.54, 1.807) is 6.07 Å². The summed E-state index contributed by atoms with van der Waals surface area (Å²) in [5.74, 6) is 1.06. The smallest absolute Gasteiger partial charge is 0.342 e. The molecule has 0 bridgehead atoms. The van der Waals surface area contributed by atoms with Crippen LogP contribution in [0.15, 0.2) is 60.8 Å². The quantitative estimate of drug-likeness (QED) is 0.316. The minimum atomic E-state index is -1.12. The maximum atomic E-state index is 11.6. The van der Waals surface area contributed by atoms with E-state index in [0.717, 1.165) is 67.3 Å². The van der Waals surface area contributed by atoms with Gasteiger partial charge in [-0.05, 0) is 55.2 Å². The highest BCUT2D eigenvalue weighted by molar-refractivity contribution is 5.90. The van der Waals surface area contributed by atoms with Crippen LogP contribution in [0, 0.1) is 6.92 Å². The number of para-hydroxylation sites is 1. The van der Waals surface area contributed by atoms with Gasteiger partial charge in [-0.25, -0.2) is 9.78 Å². The van der Waals surface area contributed by atoms with E-state index in [2.05, 4.69) is 28.2 Å². The molecule has 0 aliphatic carbocycles. The first-order valence-electron chi connectivity index (χ1n) is 14.1. The van der Waals surface area contributed by atoms with Crippen LogP contribution in [0.5, 0.6) is 17.4 Å². The van der Waals surface area contributed by atoms with E-state index in [0.29, 0.717) is 30.8 Å². The van der Waals surface area contributed by atoms with E-state index in [9.17, 15) is 9.90 Å². The number of hydrogen-bond acceptors (Lipinski definition) is 8. The molecule has 4 aromatic rings. The number of ether oxygens (including phenoxy) is 4. The summed E-state index contributed by atoms with van der Waals surface area (Å²) in [6.07, 6.45) is 3.39. The van der Waals surface area contributed by atoms with Gasteiger partial charge in [-0.15, -0.1) is 0 Å². The number of carbonyl (C=O) groups is 1. The minimum absolute atomic E-state index is 0.0368. The first kappa shape index (κ1) is 27.7. The number of carboxylic acids is 1. The highest BCUT2D eigenvalue weighted by Gasteiger charge is 2.25. The molecule has 218 valence electrons. The Bertz CT molecular complexity index is 1580. The Morgan fingerprint density at radius 2 is 1.93 bits per heavy atom. The van der Waals surface area contributed by atoms with Gasteiger partial charge >= 0.3 is 5.97 Å². The summed E-state index contributed by atoms with van der Waals surface area (Å²) in [7, 11) is 1.41. The van der Waals surface area contributed by atoms with Crippen molar-refractivity contribution in [2.24, 2.45) is 0 Å². The average molecular weight is 571 g/mol. The number of hydrogen-bond donors (Lipinski definition) is 1. The van der Waals surface area contributed by atoms with Crippen LogP contribution in [0.1, 0.15) is 39.9 Å². The predicted molar refractivity (Wildman–Crippen MR) is 156 cm³/mol. The van der Waals surface area contributed by atoms with Gasteiger partial charge < -0.3 is 24.1 Å². The number of fused-ring (bicyclic) bond motifs is 1. The third-order valence-electron chi connectivity index (χ3n) is 7.82. The maximum absolute atomic E-state index is 11.6. The number of methoxy groups -OCH3 is 1. The van der Waals surface area contributed by atoms with Crippen LogP contribution in [0.2, 0.25) is 0 Å². The predicted octanol–water partition coefficient (Wildman–Crippen LogP) is 4.90. The minimum Gasteiger partial charge on any atom is -0.492 e. The molecule has 0 spiro atoms. The lowest BCUT2D eigenvalue weighted by Crippen LogP contribution is -2.40. The lowest BCUT2D eigenvalue weighted by molar-refractivity contribution is 0.0294. The van der Waals surface area contributed by atoms with E-state index in [-0.39, 0.29) is 11.4 Å². The molecule has 0 unspecified atom stereocenters. The number of aromatic nitrogens is 3. The Morgan fingerprint density at radius 1 is 1.10 bits per heavy atom. The van der Waals surface area contributed by atoms with Gasteiger partial charge in [0.05, 0.1) is 19.0 Å². The molecular formula is C32H34N4O6. The van der Waals surface area contributed by atoms with Crippen LogP contribution < -0.4 is 14.2 Å². The van der Waals surface area contributed by atoms with Crippen molar-refractivity contribution in [3.8, 4) is 34.5 Å². The zero-order valence-corrected chi connectivity index (χ0v) is 23.8. The number of pyridine rings is 1. The molecule has 2 aliphatic rings. The van der Waals surface area contributed by atoms with E-state index < -0.39 is 5.97 Å². The van der Waals surface area contributed by atoms with E-state index >= 15 is 0 Å². The molecular weight excluding hydrogens is 536 g/mol. The molecule has 10 heteroatoms. The molecule has 6 rings (SSSR count). The van der Waals surface area contributed by atoms with Crippen LogP contribution in [-0.2, 0) is 17.9 Å². The molecule has 0 atom stereocenters. The van der Waals surface area contributed by atoms with Crippen LogP contribution in [-0.4, -0.2) is 70.3 Å². The molecule has 0 amide bonds. The Labute approximate surface area is 244 Å². The number of benzene rings is 2. The molecule has 1 saturated heterocycles. The highest BCUT2D eigenvalue weighted by Crippen LogP contribution is 2.34. The Balaban J connectivity index is 1.22. The third kappa shape index (κ3) is 5.68. The van der Waals surface area contributed by atoms with Crippen molar-refractivity contribution in [2.75, 3.05) is 33.5 Å². The molecule has 4 heterocycles. The average Bonchev–Trinajstić information content (AvgIpc) is 3.34. The Morgan fingerprint density at radius 3 is 2.74 bits per heavy atom. The second-order valence-electron chi connectivity index (χ2n) is 10.5. The lowest BCUT2D eigenvalue weighted by Gasteiger charge is -2.32. The normalized spacial score (nSPS) is 15.9. The van der Waals surface area contributed by atoms with Gasteiger partial charge in [0.2, 0.25) is 5.88 Å². The van der Waals surface area contributed by atoms with Gasteiger partial charge in [0, 0.05) is 43.5 Å².